The highest BCUT2D eigenvalue weighted by atomic mass is 14.9. The van der Waals surface area contributed by atoms with E-state index in [1.807, 2.05) is 6.92 Å². The first-order valence-electron chi connectivity index (χ1n) is 4.73. The van der Waals surface area contributed by atoms with Gasteiger partial charge in [0, 0.05) is 12.6 Å². The van der Waals surface area contributed by atoms with Crippen molar-refractivity contribution in [1.82, 2.24) is 5.32 Å². The molecule has 0 aromatic heterocycles. The summed E-state index contributed by atoms with van der Waals surface area (Å²) in [6.07, 6.45) is 5.32. The predicted octanol–water partition coefficient (Wildman–Crippen LogP) is 1.50. The second-order valence-electron chi connectivity index (χ2n) is 3.24. The van der Waals surface area contributed by atoms with Crippen LogP contribution in [0.5, 0.6) is 0 Å². The maximum atomic E-state index is 5.57. The third-order valence-corrected chi connectivity index (χ3v) is 1.67. The largest absolute Gasteiger partial charge is 0.327 e. The van der Waals surface area contributed by atoms with Crippen molar-refractivity contribution in [3.8, 4) is 0 Å². The lowest BCUT2D eigenvalue weighted by Gasteiger charge is -2.06. The zero-order chi connectivity index (χ0) is 8.53. The summed E-state index contributed by atoms with van der Waals surface area (Å²) in [5.41, 5.74) is 5.57. The summed E-state index contributed by atoms with van der Waals surface area (Å²) >= 11 is 0. The van der Waals surface area contributed by atoms with Crippen LogP contribution < -0.4 is 11.1 Å². The van der Waals surface area contributed by atoms with Gasteiger partial charge in [-0.05, 0) is 19.9 Å². The Hall–Kier alpha value is -0.0800. The molecule has 2 nitrogen and oxygen atoms in total. The van der Waals surface area contributed by atoms with Crippen molar-refractivity contribution >= 4 is 0 Å². The predicted molar refractivity (Wildman–Crippen MR) is 50.7 cm³/mol. The quantitative estimate of drug-likeness (QED) is 0.551. The molecule has 0 amide bonds. The van der Waals surface area contributed by atoms with Crippen LogP contribution in [-0.4, -0.2) is 19.1 Å². The van der Waals surface area contributed by atoms with Crippen LogP contribution in [0.4, 0.5) is 0 Å². The Morgan fingerprint density at radius 2 is 2.00 bits per heavy atom. The molecule has 0 aliphatic heterocycles. The Bertz CT molecular complexity index is 72.0. The topological polar surface area (TPSA) is 38.0 Å². The molecule has 0 saturated heterocycles. The molecule has 0 aromatic carbocycles. The highest BCUT2D eigenvalue weighted by molar-refractivity contribution is 4.56. The van der Waals surface area contributed by atoms with Crippen molar-refractivity contribution in [2.75, 3.05) is 13.1 Å². The van der Waals surface area contributed by atoms with E-state index in [9.17, 15) is 0 Å². The second-order valence-corrected chi connectivity index (χ2v) is 3.24. The van der Waals surface area contributed by atoms with Gasteiger partial charge < -0.3 is 11.1 Å². The number of hydrogen-bond acceptors (Lipinski definition) is 2. The molecule has 0 spiro atoms. The lowest BCUT2D eigenvalue weighted by Crippen LogP contribution is -2.31. The van der Waals surface area contributed by atoms with E-state index in [1.165, 1.54) is 25.7 Å². The van der Waals surface area contributed by atoms with Crippen molar-refractivity contribution in [2.45, 2.75) is 45.6 Å². The summed E-state index contributed by atoms with van der Waals surface area (Å²) in [6, 6.07) is 0.293. The van der Waals surface area contributed by atoms with Crippen LogP contribution in [0.1, 0.15) is 39.5 Å². The lowest BCUT2D eigenvalue weighted by molar-refractivity contribution is 0.565. The van der Waals surface area contributed by atoms with Gasteiger partial charge in [-0.15, -0.1) is 0 Å². The molecular weight excluding hydrogens is 136 g/mol. The van der Waals surface area contributed by atoms with Gasteiger partial charge in [0.1, 0.15) is 0 Å². The molecule has 0 aliphatic carbocycles. The van der Waals surface area contributed by atoms with Gasteiger partial charge >= 0.3 is 0 Å². The summed E-state index contributed by atoms with van der Waals surface area (Å²) in [4.78, 5) is 0. The van der Waals surface area contributed by atoms with Gasteiger partial charge in [0.05, 0.1) is 0 Å². The van der Waals surface area contributed by atoms with E-state index in [1.54, 1.807) is 0 Å². The van der Waals surface area contributed by atoms with Crippen LogP contribution in [0.3, 0.4) is 0 Å². The molecule has 2 heteroatoms. The van der Waals surface area contributed by atoms with Crippen LogP contribution in [0.2, 0.25) is 0 Å². The lowest BCUT2D eigenvalue weighted by atomic mass is 10.2. The number of unbranched alkanes of at least 4 members (excludes halogenated alkanes) is 3. The van der Waals surface area contributed by atoms with Crippen molar-refractivity contribution in [2.24, 2.45) is 5.73 Å². The first-order valence-corrected chi connectivity index (χ1v) is 4.73. The first-order chi connectivity index (χ1) is 5.27. The van der Waals surface area contributed by atoms with E-state index in [0.29, 0.717) is 6.04 Å². The average Bonchev–Trinajstić information content (AvgIpc) is 1.96. The van der Waals surface area contributed by atoms with E-state index < -0.39 is 0 Å². The van der Waals surface area contributed by atoms with Crippen molar-refractivity contribution in [1.29, 1.82) is 0 Å². The van der Waals surface area contributed by atoms with Crippen LogP contribution in [-0.2, 0) is 0 Å². The fourth-order valence-corrected chi connectivity index (χ4v) is 1.01. The van der Waals surface area contributed by atoms with Crippen molar-refractivity contribution in [3.05, 3.63) is 0 Å². The van der Waals surface area contributed by atoms with Crippen LogP contribution >= 0.6 is 0 Å². The third-order valence-electron chi connectivity index (χ3n) is 1.67. The second kappa shape index (κ2) is 8.02. The molecule has 0 bridgehead atoms. The molecule has 0 saturated carbocycles. The maximum Gasteiger partial charge on any atom is 0.0136 e. The summed E-state index contributed by atoms with van der Waals surface area (Å²) in [7, 11) is 0. The van der Waals surface area contributed by atoms with E-state index in [2.05, 4.69) is 12.2 Å². The molecule has 1 unspecified atom stereocenters. The molecule has 0 rings (SSSR count). The number of rotatable bonds is 7. The highest BCUT2D eigenvalue weighted by Crippen LogP contribution is 1.96. The summed E-state index contributed by atoms with van der Waals surface area (Å²) in [6.45, 7) is 6.34. The number of nitrogens with two attached hydrogens (primary N) is 1. The van der Waals surface area contributed by atoms with Gasteiger partial charge in [0.2, 0.25) is 0 Å². The maximum absolute atomic E-state index is 5.57. The minimum absolute atomic E-state index is 0.293. The van der Waals surface area contributed by atoms with Crippen LogP contribution in [0.25, 0.3) is 0 Å². The zero-order valence-corrected chi connectivity index (χ0v) is 7.90. The molecule has 0 radical (unpaired) electrons. The van der Waals surface area contributed by atoms with Crippen molar-refractivity contribution in [3.63, 3.8) is 0 Å². The Labute approximate surface area is 70.5 Å². The molecule has 0 heterocycles. The van der Waals surface area contributed by atoms with Gasteiger partial charge in [0.15, 0.2) is 0 Å². The normalized spacial score (nSPS) is 13.4. The van der Waals surface area contributed by atoms with Gasteiger partial charge in [-0.25, -0.2) is 0 Å². The molecule has 0 aliphatic rings. The van der Waals surface area contributed by atoms with Crippen LogP contribution in [0, 0.1) is 0 Å². The first kappa shape index (κ1) is 10.9. The monoisotopic (exact) mass is 158 g/mol. The zero-order valence-electron chi connectivity index (χ0n) is 7.90. The minimum atomic E-state index is 0.293. The Kier molecular flexibility index (Phi) is 7.96. The van der Waals surface area contributed by atoms with Gasteiger partial charge in [0.25, 0.3) is 0 Å². The molecule has 11 heavy (non-hydrogen) atoms. The SMILES string of the molecule is CCCCCCNCC(C)N. The third kappa shape index (κ3) is 9.92. The molecule has 1 atom stereocenters. The van der Waals surface area contributed by atoms with E-state index >= 15 is 0 Å². The average molecular weight is 158 g/mol. The van der Waals surface area contributed by atoms with Gasteiger partial charge in [-0.2, -0.15) is 0 Å². The standard InChI is InChI=1S/C9H22N2/c1-3-4-5-6-7-11-8-9(2)10/h9,11H,3-8,10H2,1-2H3. The molecule has 0 fully saturated rings. The van der Waals surface area contributed by atoms with E-state index in [-0.39, 0.29) is 0 Å². The fourth-order valence-electron chi connectivity index (χ4n) is 1.01. The molecule has 0 aromatic rings. The summed E-state index contributed by atoms with van der Waals surface area (Å²) in [5.74, 6) is 0. The molecular formula is C9H22N2. The molecule has 3 N–H and O–H groups in total. The fraction of sp³-hybridized carbons (Fsp3) is 1.00. The molecule has 68 valence electrons. The Morgan fingerprint density at radius 3 is 2.55 bits per heavy atom. The highest BCUT2D eigenvalue weighted by Gasteiger charge is 1.91. The summed E-state index contributed by atoms with van der Waals surface area (Å²) in [5, 5.41) is 3.32. The van der Waals surface area contributed by atoms with E-state index in [4.69, 9.17) is 5.73 Å². The number of hydrogen-bond donors (Lipinski definition) is 2. The Balaban J connectivity index is 2.80. The summed E-state index contributed by atoms with van der Waals surface area (Å²) < 4.78 is 0. The van der Waals surface area contributed by atoms with Gasteiger partial charge in [-0.1, -0.05) is 26.2 Å². The smallest absolute Gasteiger partial charge is 0.0136 e. The minimum Gasteiger partial charge on any atom is -0.327 e. The van der Waals surface area contributed by atoms with Crippen molar-refractivity contribution < 1.29 is 0 Å². The number of nitrogens with one attached hydrogen (secondary N) is 1. The Morgan fingerprint density at radius 1 is 1.27 bits per heavy atom. The van der Waals surface area contributed by atoms with Gasteiger partial charge in [-0.3, -0.25) is 0 Å². The van der Waals surface area contributed by atoms with E-state index in [0.717, 1.165) is 13.1 Å². The van der Waals surface area contributed by atoms with Crippen LogP contribution in [0.15, 0.2) is 0 Å².